The zero-order valence-corrected chi connectivity index (χ0v) is 19.3. The average Bonchev–Trinajstić information content (AvgIpc) is 3.47. The number of carbonyl (C=O) groups is 2. The van der Waals surface area contributed by atoms with E-state index >= 15 is 0 Å². The van der Waals surface area contributed by atoms with Gasteiger partial charge in [0.1, 0.15) is 12.2 Å². The van der Waals surface area contributed by atoms with Gasteiger partial charge in [-0.05, 0) is 43.9 Å². The van der Waals surface area contributed by atoms with E-state index in [0.29, 0.717) is 12.5 Å². The van der Waals surface area contributed by atoms with E-state index in [4.69, 9.17) is 0 Å². The SMILES string of the molecule is Cc1nn(C(=O)CCC(=O)N2CCCC(Cc3nncn3-c3ccccc3)C2)c2ccccc12. The van der Waals surface area contributed by atoms with Gasteiger partial charge in [-0.1, -0.05) is 36.4 Å². The topological polar surface area (TPSA) is 85.9 Å². The minimum Gasteiger partial charge on any atom is -0.342 e. The Morgan fingerprint density at radius 1 is 1.00 bits per heavy atom. The number of hydrogen-bond acceptors (Lipinski definition) is 5. The molecule has 1 unspecified atom stereocenters. The maximum atomic E-state index is 12.9. The smallest absolute Gasteiger partial charge is 0.247 e. The Labute approximate surface area is 198 Å². The molecule has 174 valence electrons. The summed E-state index contributed by atoms with van der Waals surface area (Å²) in [5.41, 5.74) is 2.64. The van der Waals surface area contributed by atoms with Crippen molar-refractivity contribution in [1.82, 2.24) is 29.4 Å². The highest BCUT2D eigenvalue weighted by atomic mass is 16.2. The fourth-order valence-corrected chi connectivity index (χ4v) is 4.81. The lowest BCUT2D eigenvalue weighted by Crippen LogP contribution is -2.41. The monoisotopic (exact) mass is 456 g/mol. The van der Waals surface area contributed by atoms with Crippen molar-refractivity contribution < 1.29 is 9.59 Å². The van der Waals surface area contributed by atoms with Crippen molar-refractivity contribution in [3.05, 3.63) is 72.4 Å². The Kier molecular flexibility index (Phi) is 6.20. The maximum absolute atomic E-state index is 12.9. The number of likely N-dealkylation sites (tertiary alicyclic amines) is 1. The maximum Gasteiger partial charge on any atom is 0.247 e. The van der Waals surface area contributed by atoms with Gasteiger partial charge in [-0.2, -0.15) is 9.78 Å². The van der Waals surface area contributed by atoms with Crippen LogP contribution in [0.25, 0.3) is 16.6 Å². The molecule has 1 fully saturated rings. The number of fused-ring (bicyclic) bond motifs is 1. The molecule has 0 spiro atoms. The van der Waals surface area contributed by atoms with Crippen LogP contribution < -0.4 is 0 Å². The summed E-state index contributed by atoms with van der Waals surface area (Å²) >= 11 is 0. The molecule has 34 heavy (non-hydrogen) atoms. The van der Waals surface area contributed by atoms with Crippen molar-refractivity contribution in [2.45, 2.75) is 39.0 Å². The molecule has 1 atom stereocenters. The number of rotatable bonds is 6. The molecule has 0 aliphatic carbocycles. The fraction of sp³-hybridized carbons (Fsp3) is 0.346. The summed E-state index contributed by atoms with van der Waals surface area (Å²) in [5, 5.41) is 13.8. The standard InChI is InChI=1S/C26H28N6O2/c1-19-22-11-5-6-12-23(22)32(29-19)26(34)14-13-25(33)30-15-7-8-20(17-30)16-24-28-27-18-31(24)21-9-3-2-4-10-21/h2-6,9-12,18,20H,7-8,13-17H2,1H3. The molecule has 0 radical (unpaired) electrons. The highest BCUT2D eigenvalue weighted by molar-refractivity contribution is 5.93. The summed E-state index contributed by atoms with van der Waals surface area (Å²) in [6.07, 6.45) is 4.83. The van der Waals surface area contributed by atoms with Crippen molar-refractivity contribution in [1.29, 1.82) is 0 Å². The molecule has 1 aliphatic heterocycles. The van der Waals surface area contributed by atoms with Crippen molar-refractivity contribution in [3.8, 4) is 5.69 Å². The van der Waals surface area contributed by atoms with Crippen molar-refractivity contribution in [2.24, 2.45) is 5.92 Å². The van der Waals surface area contributed by atoms with Crippen LogP contribution in [0.4, 0.5) is 0 Å². The first kappa shape index (κ1) is 22.0. The van der Waals surface area contributed by atoms with Gasteiger partial charge in [-0.25, -0.2) is 0 Å². The first-order chi connectivity index (χ1) is 16.6. The number of aromatic nitrogens is 5. The van der Waals surface area contributed by atoms with Crippen LogP contribution in [0.5, 0.6) is 0 Å². The van der Waals surface area contributed by atoms with E-state index in [9.17, 15) is 9.59 Å². The van der Waals surface area contributed by atoms with E-state index < -0.39 is 0 Å². The third-order valence-electron chi connectivity index (χ3n) is 6.56. The molecule has 8 heteroatoms. The Morgan fingerprint density at radius 3 is 2.62 bits per heavy atom. The molecule has 1 saturated heterocycles. The zero-order valence-electron chi connectivity index (χ0n) is 19.3. The second-order valence-electron chi connectivity index (χ2n) is 8.91. The van der Waals surface area contributed by atoms with E-state index in [1.54, 1.807) is 6.33 Å². The van der Waals surface area contributed by atoms with Crippen molar-refractivity contribution >= 4 is 22.7 Å². The first-order valence-corrected chi connectivity index (χ1v) is 11.8. The molecule has 3 heterocycles. The molecular formula is C26H28N6O2. The number of hydrogen-bond donors (Lipinski definition) is 0. The van der Waals surface area contributed by atoms with Crippen LogP contribution in [0, 0.1) is 12.8 Å². The van der Waals surface area contributed by atoms with Crippen LogP contribution >= 0.6 is 0 Å². The minimum atomic E-state index is -0.151. The number of amides is 1. The number of piperidine rings is 1. The van der Waals surface area contributed by atoms with Crippen LogP contribution in [-0.4, -0.2) is 54.3 Å². The van der Waals surface area contributed by atoms with Crippen LogP contribution in [-0.2, 0) is 11.2 Å². The second-order valence-corrected chi connectivity index (χ2v) is 8.91. The molecule has 0 bridgehead atoms. The lowest BCUT2D eigenvalue weighted by atomic mass is 9.94. The van der Waals surface area contributed by atoms with Crippen molar-refractivity contribution in [2.75, 3.05) is 13.1 Å². The summed E-state index contributed by atoms with van der Waals surface area (Å²) in [7, 11) is 0. The van der Waals surface area contributed by atoms with Gasteiger partial charge in [-0.3, -0.25) is 14.2 Å². The number of carbonyl (C=O) groups excluding carboxylic acids is 2. The van der Waals surface area contributed by atoms with E-state index in [0.717, 1.165) is 53.9 Å². The number of para-hydroxylation sites is 2. The molecule has 2 aromatic heterocycles. The van der Waals surface area contributed by atoms with Gasteiger partial charge in [-0.15, -0.1) is 10.2 Å². The predicted octanol–water partition coefficient (Wildman–Crippen LogP) is 3.83. The van der Waals surface area contributed by atoms with Gasteiger partial charge in [0.05, 0.1) is 11.2 Å². The van der Waals surface area contributed by atoms with Gasteiger partial charge < -0.3 is 4.90 Å². The molecule has 0 saturated carbocycles. The summed E-state index contributed by atoms with van der Waals surface area (Å²) in [6.45, 7) is 3.31. The molecule has 5 rings (SSSR count). The zero-order chi connectivity index (χ0) is 23.5. The van der Waals surface area contributed by atoms with Gasteiger partial charge in [0, 0.05) is 43.4 Å². The molecule has 1 amide bonds. The minimum absolute atomic E-state index is 0.0239. The number of benzene rings is 2. The van der Waals surface area contributed by atoms with Gasteiger partial charge in [0.2, 0.25) is 11.8 Å². The molecule has 0 N–H and O–H groups in total. The van der Waals surface area contributed by atoms with Crippen LogP contribution in [0.15, 0.2) is 60.9 Å². The highest BCUT2D eigenvalue weighted by Gasteiger charge is 2.26. The molecule has 2 aromatic carbocycles. The summed E-state index contributed by atoms with van der Waals surface area (Å²) in [4.78, 5) is 27.7. The molecule has 4 aromatic rings. The second kappa shape index (κ2) is 9.59. The van der Waals surface area contributed by atoms with Crippen LogP contribution in [0.3, 0.4) is 0 Å². The quantitative estimate of drug-likeness (QED) is 0.440. The number of nitrogens with zero attached hydrogens (tertiary/aromatic N) is 6. The van der Waals surface area contributed by atoms with Crippen LogP contribution in [0.2, 0.25) is 0 Å². The normalized spacial score (nSPS) is 16.1. The van der Waals surface area contributed by atoms with Gasteiger partial charge in [0.15, 0.2) is 0 Å². The van der Waals surface area contributed by atoms with Gasteiger partial charge >= 0.3 is 0 Å². The van der Waals surface area contributed by atoms with Crippen molar-refractivity contribution in [3.63, 3.8) is 0 Å². The Bertz CT molecular complexity index is 1310. The lowest BCUT2D eigenvalue weighted by Gasteiger charge is -2.32. The van der Waals surface area contributed by atoms with Crippen LogP contribution in [0.1, 0.15) is 42.0 Å². The number of aryl methyl sites for hydroxylation is 1. The first-order valence-electron chi connectivity index (χ1n) is 11.8. The van der Waals surface area contributed by atoms with Gasteiger partial charge in [0.25, 0.3) is 0 Å². The molecule has 1 aliphatic rings. The van der Waals surface area contributed by atoms with E-state index in [1.165, 1.54) is 4.68 Å². The lowest BCUT2D eigenvalue weighted by molar-refractivity contribution is -0.133. The summed E-state index contributed by atoms with van der Waals surface area (Å²) in [5.74, 6) is 1.09. The van der Waals surface area contributed by atoms with E-state index in [2.05, 4.69) is 15.3 Å². The highest BCUT2D eigenvalue weighted by Crippen LogP contribution is 2.23. The predicted molar refractivity (Wildman–Crippen MR) is 129 cm³/mol. The van der Waals surface area contributed by atoms with E-state index in [-0.39, 0.29) is 24.7 Å². The molecular weight excluding hydrogens is 428 g/mol. The average molecular weight is 457 g/mol. The third-order valence-corrected chi connectivity index (χ3v) is 6.56. The third kappa shape index (κ3) is 4.48. The van der Waals surface area contributed by atoms with E-state index in [1.807, 2.05) is 71.0 Å². The Balaban J connectivity index is 1.20. The summed E-state index contributed by atoms with van der Waals surface area (Å²) < 4.78 is 3.45. The molecule has 8 nitrogen and oxygen atoms in total. The Hall–Kier alpha value is -3.81. The largest absolute Gasteiger partial charge is 0.342 e. The summed E-state index contributed by atoms with van der Waals surface area (Å²) in [6, 6.07) is 17.7. The fourth-order valence-electron chi connectivity index (χ4n) is 4.81. The Morgan fingerprint density at radius 2 is 1.76 bits per heavy atom.